The van der Waals surface area contributed by atoms with E-state index >= 15 is 0 Å². The number of aromatic hydroxyl groups is 1. The first-order valence-corrected chi connectivity index (χ1v) is 6.26. The zero-order valence-electron chi connectivity index (χ0n) is 11.1. The smallest absolute Gasteiger partial charge is 0.176 e. The molecule has 0 aliphatic carbocycles. The van der Waals surface area contributed by atoms with E-state index in [0.717, 1.165) is 25.2 Å². The fraction of sp³-hybridized carbons (Fsp3) is 0.538. The van der Waals surface area contributed by atoms with Crippen LogP contribution in [0.2, 0.25) is 5.02 Å². The van der Waals surface area contributed by atoms with Crippen LogP contribution in [0.1, 0.15) is 12.5 Å². The highest BCUT2D eigenvalue weighted by Crippen LogP contribution is 2.35. The molecule has 0 fully saturated rings. The minimum atomic E-state index is -0.0112. The number of halogens is 1. The second kappa shape index (κ2) is 7.46. The maximum atomic E-state index is 9.66. The highest BCUT2D eigenvalue weighted by Gasteiger charge is 2.11. The van der Waals surface area contributed by atoms with Gasteiger partial charge in [-0.25, -0.2) is 0 Å². The van der Waals surface area contributed by atoms with Gasteiger partial charge in [0.05, 0.1) is 18.7 Å². The fourth-order valence-corrected chi connectivity index (χ4v) is 1.93. The van der Waals surface area contributed by atoms with Crippen LogP contribution in [0.4, 0.5) is 0 Å². The maximum absolute atomic E-state index is 9.66. The molecule has 0 bridgehead atoms. The molecule has 0 aliphatic rings. The SMILES string of the molecule is CCN(CCOC)Cc1cc(Cl)c(O)c(OC)c1. The number of ether oxygens (including phenoxy) is 2. The van der Waals surface area contributed by atoms with Crippen molar-refractivity contribution in [1.29, 1.82) is 0 Å². The number of hydrogen-bond donors (Lipinski definition) is 1. The molecule has 0 aromatic heterocycles. The van der Waals surface area contributed by atoms with Crippen LogP contribution in [-0.4, -0.2) is 43.9 Å². The van der Waals surface area contributed by atoms with Crippen molar-refractivity contribution in [1.82, 2.24) is 4.90 Å². The molecule has 1 aromatic carbocycles. The molecule has 0 radical (unpaired) electrons. The number of nitrogens with zero attached hydrogens (tertiary/aromatic N) is 1. The predicted octanol–water partition coefficient (Wildman–Crippen LogP) is 2.52. The maximum Gasteiger partial charge on any atom is 0.176 e. The molecule has 0 aliphatic heterocycles. The Labute approximate surface area is 113 Å². The first kappa shape index (κ1) is 15.1. The van der Waals surface area contributed by atoms with E-state index < -0.39 is 0 Å². The van der Waals surface area contributed by atoms with Crippen LogP contribution >= 0.6 is 11.6 Å². The summed E-state index contributed by atoms with van der Waals surface area (Å²) in [5, 5.41) is 9.98. The van der Waals surface area contributed by atoms with Crippen molar-refractivity contribution >= 4 is 11.6 Å². The third-order valence-electron chi connectivity index (χ3n) is 2.77. The number of rotatable bonds is 7. The molecule has 0 saturated carbocycles. The molecular weight excluding hydrogens is 254 g/mol. The van der Waals surface area contributed by atoms with Gasteiger partial charge in [-0.3, -0.25) is 4.90 Å². The lowest BCUT2D eigenvalue weighted by molar-refractivity contribution is 0.147. The van der Waals surface area contributed by atoms with Gasteiger partial charge in [0, 0.05) is 20.2 Å². The Kier molecular flexibility index (Phi) is 6.25. The average Bonchev–Trinajstić information content (AvgIpc) is 2.38. The number of likely N-dealkylation sites (N-methyl/N-ethyl adjacent to an activating group) is 1. The molecule has 1 rings (SSSR count). The van der Waals surface area contributed by atoms with Crippen molar-refractivity contribution in [2.75, 3.05) is 33.9 Å². The quantitative estimate of drug-likeness (QED) is 0.829. The van der Waals surface area contributed by atoms with Crippen LogP contribution in [0.3, 0.4) is 0 Å². The summed E-state index contributed by atoms with van der Waals surface area (Å²) < 4.78 is 10.2. The predicted molar refractivity (Wildman–Crippen MR) is 72.5 cm³/mol. The lowest BCUT2D eigenvalue weighted by atomic mass is 10.2. The molecule has 18 heavy (non-hydrogen) atoms. The Hall–Kier alpha value is -0.970. The van der Waals surface area contributed by atoms with Gasteiger partial charge < -0.3 is 14.6 Å². The number of phenols is 1. The Morgan fingerprint density at radius 3 is 2.61 bits per heavy atom. The third-order valence-corrected chi connectivity index (χ3v) is 3.06. The number of methoxy groups -OCH3 is 2. The average molecular weight is 274 g/mol. The van der Waals surface area contributed by atoms with Crippen molar-refractivity contribution in [3.8, 4) is 11.5 Å². The van der Waals surface area contributed by atoms with Crippen molar-refractivity contribution in [2.45, 2.75) is 13.5 Å². The normalized spacial score (nSPS) is 10.9. The van der Waals surface area contributed by atoms with E-state index in [-0.39, 0.29) is 5.75 Å². The fourth-order valence-electron chi connectivity index (χ4n) is 1.70. The molecule has 4 nitrogen and oxygen atoms in total. The number of phenolic OH excluding ortho intramolecular Hbond substituents is 1. The highest BCUT2D eigenvalue weighted by atomic mass is 35.5. The van der Waals surface area contributed by atoms with Crippen LogP contribution in [0.15, 0.2) is 12.1 Å². The second-order valence-electron chi connectivity index (χ2n) is 3.99. The summed E-state index contributed by atoms with van der Waals surface area (Å²) >= 11 is 5.96. The minimum absolute atomic E-state index is 0.0112. The summed E-state index contributed by atoms with van der Waals surface area (Å²) in [6.07, 6.45) is 0. The molecule has 5 heteroatoms. The standard InChI is InChI=1S/C13H20ClNO3/c1-4-15(5-6-17-2)9-10-7-11(14)13(16)12(8-10)18-3/h7-8,16H,4-6,9H2,1-3H3. The van der Waals surface area contributed by atoms with Gasteiger partial charge in [0.2, 0.25) is 0 Å². The van der Waals surface area contributed by atoms with Gasteiger partial charge in [-0.1, -0.05) is 18.5 Å². The Morgan fingerprint density at radius 2 is 2.06 bits per heavy atom. The highest BCUT2D eigenvalue weighted by molar-refractivity contribution is 6.32. The van der Waals surface area contributed by atoms with Gasteiger partial charge >= 0.3 is 0 Å². The summed E-state index contributed by atoms with van der Waals surface area (Å²) in [7, 11) is 3.20. The first-order valence-electron chi connectivity index (χ1n) is 5.89. The molecule has 0 saturated heterocycles. The number of hydrogen-bond acceptors (Lipinski definition) is 4. The van der Waals surface area contributed by atoms with Gasteiger partial charge in [0.1, 0.15) is 0 Å². The van der Waals surface area contributed by atoms with Crippen molar-refractivity contribution in [3.63, 3.8) is 0 Å². The van der Waals surface area contributed by atoms with E-state index in [9.17, 15) is 5.11 Å². The molecule has 0 spiro atoms. The van der Waals surface area contributed by atoms with E-state index in [2.05, 4.69) is 11.8 Å². The lowest BCUT2D eigenvalue weighted by Crippen LogP contribution is -2.26. The van der Waals surface area contributed by atoms with E-state index in [1.165, 1.54) is 7.11 Å². The summed E-state index contributed by atoms with van der Waals surface area (Å²) in [6.45, 7) is 5.31. The van der Waals surface area contributed by atoms with Crippen LogP contribution in [0, 0.1) is 0 Å². The van der Waals surface area contributed by atoms with E-state index in [0.29, 0.717) is 17.4 Å². The van der Waals surface area contributed by atoms with Gasteiger partial charge in [-0.2, -0.15) is 0 Å². The summed E-state index contributed by atoms with van der Waals surface area (Å²) in [5.41, 5.74) is 1.01. The zero-order chi connectivity index (χ0) is 13.5. The van der Waals surface area contributed by atoms with Crippen molar-refractivity contribution < 1.29 is 14.6 Å². The summed E-state index contributed by atoms with van der Waals surface area (Å²) in [5.74, 6) is 0.392. The topological polar surface area (TPSA) is 41.9 Å². The van der Waals surface area contributed by atoms with E-state index in [1.807, 2.05) is 0 Å². The molecule has 0 amide bonds. The van der Waals surface area contributed by atoms with Crippen LogP contribution < -0.4 is 4.74 Å². The molecule has 1 N–H and O–H groups in total. The van der Waals surface area contributed by atoms with E-state index in [1.54, 1.807) is 19.2 Å². The molecule has 0 unspecified atom stereocenters. The number of benzene rings is 1. The lowest BCUT2D eigenvalue weighted by Gasteiger charge is -2.20. The Balaban J connectivity index is 2.79. The Morgan fingerprint density at radius 1 is 1.33 bits per heavy atom. The summed E-state index contributed by atoms with van der Waals surface area (Å²) in [6, 6.07) is 3.56. The van der Waals surface area contributed by atoms with Gasteiger partial charge in [-0.15, -0.1) is 0 Å². The molecule has 1 aromatic rings. The van der Waals surface area contributed by atoms with Crippen molar-refractivity contribution in [2.24, 2.45) is 0 Å². The van der Waals surface area contributed by atoms with Gasteiger partial charge in [0.15, 0.2) is 11.5 Å². The second-order valence-corrected chi connectivity index (χ2v) is 4.40. The molecular formula is C13H20ClNO3. The zero-order valence-corrected chi connectivity index (χ0v) is 11.8. The van der Waals surface area contributed by atoms with Crippen LogP contribution in [0.5, 0.6) is 11.5 Å². The third kappa shape index (κ3) is 4.05. The molecule has 102 valence electrons. The van der Waals surface area contributed by atoms with Crippen LogP contribution in [0.25, 0.3) is 0 Å². The van der Waals surface area contributed by atoms with Gasteiger partial charge in [0.25, 0.3) is 0 Å². The monoisotopic (exact) mass is 273 g/mol. The Bertz CT molecular complexity index is 385. The van der Waals surface area contributed by atoms with E-state index in [4.69, 9.17) is 21.1 Å². The van der Waals surface area contributed by atoms with Gasteiger partial charge in [-0.05, 0) is 24.2 Å². The minimum Gasteiger partial charge on any atom is -0.503 e. The largest absolute Gasteiger partial charge is 0.503 e. The molecule has 0 atom stereocenters. The summed E-state index contributed by atoms with van der Waals surface area (Å²) in [4.78, 5) is 2.23. The first-order chi connectivity index (χ1) is 8.62. The molecule has 0 heterocycles. The van der Waals surface area contributed by atoms with Crippen molar-refractivity contribution in [3.05, 3.63) is 22.7 Å². The van der Waals surface area contributed by atoms with Crippen LogP contribution in [-0.2, 0) is 11.3 Å².